The van der Waals surface area contributed by atoms with E-state index in [1.54, 1.807) is 6.20 Å². The van der Waals surface area contributed by atoms with E-state index in [4.69, 9.17) is 10.2 Å². The summed E-state index contributed by atoms with van der Waals surface area (Å²) in [7, 11) is 0. The Hall–Kier alpha value is -3.92. The molecule has 0 amide bonds. The fourth-order valence-corrected chi connectivity index (χ4v) is 2.53. The molecule has 126 valence electrons. The van der Waals surface area contributed by atoms with Crippen LogP contribution in [-0.4, -0.2) is 17.2 Å². The zero-order chi connectivity index (χ0) is 17.8. The first-order valence-electron chi connectivity index (χ1n) is 7.90. The molecule has 4 rings (SSSR count). The average Bonchev–Trinajstić information content (AvgIpc) is 3.35. The van der Waals surface area contributed by atoms with Crippen molar-refractivity contribution < 1.29 is 4.42 Å². The Morgan fingerprint density at radius 3 is 2.73 bits per heavy atom. The van der Waals surface area contributed by atoms with Gasteiger partial charge in [-0.1, -0.05) is 12.1 Å². The predicted octanol–water partition coefficient (Wildman–Crippen LogP) is 3.52. The summed E-state index contributed by atoms with van der Waals surface area (Å²) >= 11 is 0. The normalized spacial score (nSPS) is 12.4. The van der Waals surface area contributed by atoms with Gasteiger partial charge in [0.1, 0.15) is 6.54 Å². The van der Waals surface area contributed by atoms with E-state index in [1.807, 2.05) is 48.5 Å². The van der Waals surface area contributed by atoms with Crippen LogP contribution in [0.1, 0.15) is 11.1 Å². The largest absolute Gasteiger partial charge is 0.423 e. The van der Waals surface area contributed by atoms with Crippen molar-refractivity contribution in [2.75, 3.05) is 11.9 Å². The van der Waals surface area contributed by atoms with Gasteiger partial charge in [0.25, 0.3) is 6.01 Å². The van der Waals surface area contributed by atoms with Gasteiger partial charge < -0.3 is 15.5 Å². The zero-order valence-electron chi connectivity index (χ0n) is 13.7. The topological polar surface area (TPSA) is 101 Å². The highest BCUT2D eigenvalue weighted by atomic mass is 16.4. The summed E-state index contributed by atoms with van der Waals surface area (Å²) in [5.74, 6) is 3.46. The minimum Gasteiger partial charge on any atom is -0.423 e. The second kappa shape index (κ2) is 6.91. The van der Waals surface area contributed by atoms with E-state index in [0.717, 1.165) is 28.1 Å². The van der Waals surface area contributed by atoms with Crippen molar-refractivity contribution in [3.8, 4) is 23.3 Å². The minimum absolute atomic E-state index is 0.408. The van der Waals surface area contributed by atoms with E-state index in [1.165, 1.54) is 0 Å². The van der Waals surface area contributed by atoms with Crippen LogP contribution in [0.2, 0.25) is 0 Å². The molecule has 0 radical (unpaired) electrons. The van der Waals surface area contributed by atoms with Gasteiger partial charge in [0.2, 0.25) is 0 Å². The van der Waals surface area contributed by atoms with Crippen LogP contribution < -0.4 is 11.1 Å². The second-order valence-electron chi connectivity index (χ2n) is 5.52. The van der Waals surface area contributed by atoms with Crippen molar-refractivity contribution >= 4 is 17.4 Å². The van der Waals surface area contributed by atoms with E-state index in [0.29, 0.717) is 18.3 Å². The Balaban J connectivity index is 1.51. The van der Waals surface area contributed by atoms with Crippen LogP contribution in [0.3, 0.4) is 0 Å². The molecule has 7 nitrogen and oxygen atoms in total. The third-order valence-corrected chi connectivity index (χ3v) is 3.79. The lowest BCUT2D eigenvalue weighted by molar-refractivity contribution is 0.592. The number of anilines is 2. The van der Waals surface area contributed by atoms with Gasteiger partial charge in [-0.25, -0.2) is 4.98 Å². The Bertz CT molecular complexity index is 1050. The van der Waals surface area contributed by atoms with Crippen molar-refractivity contribution in [1.82, 2.24) is 4.98 Å². The van der Waals surface area contributed by atoms with E-state index in [9.17, 15) is 0 Å². The molecule has 3 N–H and O–H groups in total. The zero-order valence-corrected chi connectivity index (χ0v) is 13.7. The molecule has 1 aromatic heterocycles. The van der Waals surface area contributed by atoms with Gasteiger partial charge in [-0.15, -0.1) is 5.10 Å². The molecular formula is C19H14N6O. The molecular weight excluding hydrogens is 328 g/mol. The van der Waals surface area contributed by atoms with Crippen LogP contribution in [0.25, 0.3) is 11.3 Å². The molecule has 1 aliphatic rings. The van der Waals surface area contributed by atoms with Crippen molar-refractivity contribution in [2.24, 2.45) is 21.2 Å². The van der Waals surface area contributed by atoms with Crippen molar-refractivity contribution in [2.45, 2.75) is 0 Å². The molecule has 7 heteroatoms. The van der Waals surface area contributed by atoms with Crippen LogP contribution in [0.4, 0.5) is 11.7 Å². The summed E-state index contributed by atoms with van der Waals surface area (Å²) in [6.07, 6.45) is 1.68. The molecule has 0 saturated heterocycles. The highest BCUT2D eigenvalue weighted by Gasteiger charge is 2.10. The maximum atomic E-state index is 5.79. The van der Waals surface area contributed by atoms with Gasteiger partial charge in [0.05, 0.1) is 11.9 Å². The monoisotopic (exact) mass is 342 g/mol. The molecule has 1 aliphatic heterocycles. The minimum atomic E-state index is 0.408. The van der Waals surface area contributed by atoms with E-state index >= 15 is 0 Å². The molecule has 0 atom stereocenters. The van der Waals surface area contributed by atoms with Crippen LogP contribution in [0.5, 0.6) is 0 Å². The summed E-state index contributed by atoms with van der Waals surface area (Å²) < 4.78 is 5.79. The summed E-state index contributed by atoms with van der Waals surface area (Å²) in [4.78, 5) is 4.28. The summed E-state index contributed by atoms with van der Waals surface area (Å²) in [6.45, 7) is 0.497. The van der Waals surface area contributed by atoms with Gasteiger partial charge in [-0.2, -0.15) is 5.11 Å². The maximum Gasteiger partial charge on any atom is 0.299 e. The second-order valence-corrected chi connectivity index (χ2v) is 5.52. The summed E-state index contributed by atoms with van der Waals surface area (Å²) in [5.41, 5.74) is 9.62. The number of oxazole rings is 1. The third kappa shape index (κ3) is 3.30. The first-order valence-corrected chi connectivity index (χ1v) is 7.90. The van der Waals surface area contributed by atoms with Gasteiger partial charge in [0, 0.05) is 28.4 Å². The first kappa shape index (κ1) is 15.6. The van der Waals surface area contributed by atoms with Crippen LogP contribution >= 0.6 is 0 Å². The lowest BCUT2D eigenvalue weighted by Crippen LogP contribution is -2.02. The maximum absolute atomic E-state index is 5.79. The third-order valence-electron chi connectivity index (χ3n) is 3.79. The van der Waals surface area contributed by atoms with Gasteiger partial charge in [-0.3, -0.25) is 0 Å². The Morgan fingerprint density at radius 2 is 1.96 bits per heavy atom. The predicted molar refractivity (Wildman–Crippen MR) is 99.0 cm³/mol. The molecule has 0 bridgehead atoms. The van der Waals surface area contributed by atoms with Crippen molar-refractivity contribution in [1.29, 1.82) is 0 Å². The quantitative estimate of drug-likeness (QED) is 0.559. The van der Waals surface area contributed by atoms with Crippen LogP contribution in [0.15, 0.2) is 74.6 Å². The van der Waals surface area contributed by atoms with Gasteiger partial charge >= 0.3 is 0 Å². The van der Waals surface area contributed by atoms with E-state index in [-0.39, 0.29) is 0 Å². The van der Waals surface area contributed by atoms with Crippen LogP contribution in [-0.2, 0) is 0 Å². The molecule has 2 heterocycles. The number of nitrogens with two attached hydrogens (primary N) is 1. The molecule has 26 heavy (non-hydrogen) atoms. The Kier molecular flexibility index (Phi) is 4.14. The molecule has 2 aromatic carbocycles. The number of hydrogen-bond acceptors (Lipinski definition) is 7. The smallest absolute Gasteiger partial charge is 0.299 e. The molecule has 0 aliphatic carbocycles. The van der Waals surface area contributed by atoms with E-state index < -0.39 is 0 Å². The lowest BCUT2D eigenvalue weighted by Gasteiger charge is -2.04. The molecule has 0 saturated carbocycles. The van der Waals surface area contributed by atoms with Crippen molar-refractivity contribution in [3.63, 3.8) is 0 Å². The molecule has 0 unspecified atom stereocenters. The number of rotatable bonds is 4. The number of hydrogen-bond donors (Lipinski definition) is 2. The highest BCUT2D eigenvalue weighted by Crippen LogP contribution is 2.25. The molecule has 0 spiro atoms. The average molecular weight is 342 g/mol. The van der Waals surface area contributed by atoms with Gasteiger partial charge in [-0.05, 0) is 47.5 Å². The number of aromatic nitrogens is 1. The van der Waals surface area contributed by atoms with Gasteiger partial charge in [0.15, 0.2) is 5.76 Å². The molecule has 0 fully saturated rings. The fourth-order valence-electron chi connectivity index (χ4n) is 2.53. The summed E-state index contributed by atoms with van der Waals surface area (Å²) in [6, 6.07) is 18.2. The first-order chi connectivity index (χ1) is 12.8. The number of benzene rings is 2. The number of nitrogens with zero attached hydrogens (tertiary/aromatic N) is 4. The Morgan fingerprint density at radius 1 is 1.08 bits per heavy atom. The highest BCUT2D eigenvalue weighted by molar-refractivity contribution is 6.03. The standard InChI is InChI=1S/C19H14N6O/c20-9-8-13-4-6-14(7-5-13)18-12-21-19(26-18)23-16-3-1-2-15(10-16)17-11-22-25-24-17/h1-7,10,12H,11,20H2,(H,21,23). The summed E-state index contributed by atoms with van der Waals surface area (Å²) in [5, 5.41) is 14.7. The fraction of sp³-hybridized carbons (Fsp3) is 0.0526. The lowest BCUT2D eigenvalue weighted by atomic mass is 10.1. The van der Waals surface area contributed by atoms with Crippen LogP contribution in [0, 0.1) is 12.0 Å². The van der Waals surface area contributed by atoms with Crippen molar-refractivity contribution in [3.05, 3.63) is 65.9 Å². The Labute approximate surface area is 149 Å². The molecule has 3 aromatic rings. The van der Waals surface area contributed by atoms with E-state index in [2.05, 4.69) is 37.7 Å². The number of nitrogens with one attached hydrogen (secondary N) is 1. The SMILES string of the molecule is NC#Cc1ccc(-c2cnc(Nc3cccc(C4=NN=NC4)c3)o2)cc1.